The molecule has 0 aliphatic carbocycles. The first-order valence-corrected chi connectivity index (χ1v) is 4.53. The second-order valence-electron chi connectivity index (χ2n) is 3.52. The molecule has 1 aliphatic rings. The summed E-state index contributed by atoms with van der Waals surface area (Å²) < 4.78 is 4.77. The van der Waals surface area contributed by atoms with Gasteiger partial charge in [0.25, 0.3) is 0 Å². The van der Waals surface area contributed by atoms with Crippen molar-refractivity contribution < 1.29 is 14.6 Å². The van der Waals surface area contributed by atoms with E-state index in [4.69, 9.17) is 4.74 Å². The molecule has 2 N–H and O–H groups in total. The summed E-state index contributed by atoms with van der Waals surface area (Å²) in [4.78, 5) is 18.1. The molecule has 1 saturated heterocycles. The summed E-state index contributed by atoms with van der Waals surface area (Å²) in [6, 6.07) is 0. The third-order valence-electron chi connectivity index (χ3n) is 2.63. The number of H-pyrrole nitrogens is 1. The molecule has 5 heteroatoms. The first-order valence-electron chi connectivity index (χ1n) is 4.53. The van der Waals surface area contributed by atoms with Crippen LogP contribution in [0.25, 0.3) is 0 Å². The van der Waals surface area contributed by atoms with Crippen LogP contribution in [0.15, 0.2) is 12.5 Å². The number of cyclic esters (lactones) is 1. The number of hydrogen-bond acceptors (Lipinski definition) is 4. The lowest BCUT2D eigenvalue weighted by atomic mass is 9.89. The molecule has 1 aromatic rings. The number of aliphatic hydroxyl groups excluding tert-OH is 1. The number of aliphatic hydroxyl groups is 1. The Morgan fingerprint density at radius 1 is 1.79 bits per heavy atom. The molecule has 0 bridgehead atoms. The first-order chi connectivity index (χ1) is 6.70. The number of nitrogens with zero attached hydrogens (tertiary/aromatic N) is 1. The summed E-state index contributed by atoms with van der Waals surface area (Å²) in [6.45, 7) is 1.97. The van der Waals surface area contributed by atoms with E-state index in [0.717, 1.165) is 5.69 Å². The molecule has 1 aromatic heterocycles. The van der Waals surface area contributed by atoms with Crippen molar-refractivity contribution in [1.29, 1.82) is 0 Å². The maximum absolute atomic E-state index is 11.3. The minimum Gasteiger partial charge on any atom is -0.463 e. The van der Waals surface area contributed by atoms with Gasteiger partial charge in [-0.25, -0.2) is 4.98 Å². The van der Waals surface area contributed by atoms with Gasteiger partial charge in [-0.3, -0.25) is 4.79 Å². The summed E-state index contributed by atoms with van der Waals surface area (Å²) in [5.41, 5.74) is 0.841. The molecule has 1 aliphatic heterocycles. The lowest BCUT2D eigenvalue weighted by molar-refractivity contribution is -0.141. The van der Waals surface area contributed by atoms with E-state index in [1.165, 1.54) is 0 Å². The zero-order valence-electron chi connectivity index (χ0n) is 7.80. The first kappa shape index (κ1) is 9.21. The number of carbonyl (C=O) groups excluding carboxylic acids is 1. The number of hydrogen-bond donors (Lipinski definition) is 2. The second kappa shape index (κ2) is 3.42. The third kappa shape index (κ3) is 1.39. The van der Waals surface area contributed by atoms with Gasteiger partial charge in [0, 0.05) is 17.8 Å². The Morgan fingerprint density at radius 2 is 2.57 bits per heavy atom. The Balaban J connectivity index is 2.18. The van der Waals surface area contributed by atoms with Gasteiger partial charge in [0.2, 0.25) is 0 Å². The molecule has 2 heterocycles. The Kier molecular flexibility index (Phi) is 2.25. The average molecular weight is 196 g/mol. The van der Waals surface area contributed by atoms with Crippen molar-refractivity contribution in [3.05, 3.63) is 18.2 Å². The summed E-state index contributed by atoms with van der Waals surface area (Å²) in [5, 5.41) is 9.55. The molecule has 5 nitrogen and oxygen atoms in total. The van der Waals surface area contributed by atoms with Crippen LogP contribution in [-0.4, -0.2) is 33.8 Å². The maximum Gasteiger partial charge on any atom is 0.312 e. The number of carbonyl (C=O) groups is 1. The van der Waals surface area contributed by atoms with Crippen LogP contribution in [0.3, 0.4) is 0 Å². The monoisotopic (exact) mass is 196 g/mol. The number of imidazole rings is 1. The van der Waals surface area contributed by atoms with Crippen molar-refractivity contribution in [3.63, 3.8) is 0 Å². The van der Waals surface area contributed by atoms with Crippen LogP contribution in [0.5, 0.6) is 0 Å². The standard InChI is InChI=1S/C9H12N2O3/c1-5(6-2-10-4-11-6)8-7(12)3-14-9(8)13/h2,4-5,7-8,12H,3H2,1H3,(H,10,11). The summed E-state index contributed by atoms with van der Waals surface area (Å²) in [5.74, 6) is -0.905. The largest absolute Gasteiger partial charge is 0.463 e. The minimum absolute atomic E-state index is 0.0949. The van der Waals surface area contributed by atoms with Crippen molar-refractivity contribution in [3.8, 4) is 0 Å². The van der Waals surface area contributed by atoms with Crippen LogP contribution >= 0.6 is 0 Å². The van der Waals surface area contributed by atoms with Gasteiger partial charge in [-0.05, 0) is 0 Å². The van der Waals surface area contributed by atoms with Crippen LogP contribution < -0.4 is 0 Å². The number of aromatic nitrogens is 2. The predicted octanol–water partition coefficient (Wildman–Crippen LogP) is 0.0471. The zero-order chi connectivity index (χ0) is 10.1. The fourth-order valence-electron chi connectivity index (χ4n) is 1.77. The highest BCUT2D eigenvalue weighted by Gasteiger charge is 2.40. The highest BCUT2D eigenvalue weighted by atomic mass is 16.6. The highest BCUT2D eigenvalue weighted by Crippen LogP contribution is 2.30. The van der Waals surface area contributed by atoms with Gasteiger partial charge in [-0.1, -0.05) is 6.92 Å². The van der Waals surface area contributed by atoms with E-state index in [9.17, 15) is 9.90 Å². The van der Waals surface area contributed by atoms with E-state index in [2.05, 4.69) is 9.97 Å². The Morgan fingerprint density at radius 3 is 3.07 bits per heavy atom. The van der Waals surface area contributed by atoms with Gasteiger partial charge in [-0.15, -0.1) is 0 Å². The van der Waals surface area contributed by atoms with Crippen LogP contribution in [0.2, 0.25) is 0 Å². The SMILES string of the molecule is CC(c1cnc[nH]1)C1C(=O)OCC1O. The van der Waals surface area contributed by atoms with Crippen LogP contribution in [0.1, 0.15) is 18.5 Å². The molecular weight excluding hydrogens is 184 g/mol. The fourth-order valence-corrected chi connectivity index (χ4v) is 1.77. The van der Waals surface area contributed by atoms with Gasteiger partial charge < -0.3 is 14.8 Å². The van der Waals surface area contributed by atoms with E-state index in [-0.39, 0.29) is 18.5 Å². The Hall–Kier alpha value is -1.36. The number of ether oxygens (including phenoxy) is 1. The molecular formula is C9H12N2O3. The van der Waals surface area contributed by atoms with E-state index >= 15 is 0 Å². The summed E-state index contributed by atoms with van der Waals surface area (Å²) in [7, 11) is 0. The second-order valence-corrected chi connectivity index (χ2v) is 3.52. The van der Waals surface area contributed by atoms with Crippen LogP contribution in [-0.2, 0) is 9.53 Å². The molecule has 1 fully saturated rings. The van der Waals surface area contributed by atoms with Gasteiger partial charge in [-0.2, -0.15) is 0 Å². The van der Waals surface area contributed by atoms with Crippen molar-refractivity contribution >= 4 is 5.97 Å². The number of nitrogens with one attached hydrogen (secondary N) is 1. The summed E-state index contributed by atoms with van der Waals surface area (Å²) in [6.07, 6.45) is 2.50. The smallest absolute Gasteiger partial charge is 0.312 e. The van der Waals surface area contributed by atoms with Crippen LogP contribution in [0.4, 0.5) is 0 Å². The molecule has 0 radical (unpaired) electrons. The quantitative estimate of drug-likeness (QED) is 0.655. The van der Waals surface area contributed by atoms with Gasteiger partial charge in [0.05, 0.1) is 12.2 Å². The van der Waals surface area contributed by atoms with Gasteiger partial charge in [0.1, 0.15) is 12.7 Å². The number of rotatable bonds is 2. The van der Waals surface area contributed by atoms with Crippen molar-refractivity contribution in [1.82, 2.24) is 9.97 Å². The maximum atomic E-state index is 11.3. The van der Waals surface area contributed by atoms with Crippen LogP contribution in [0, 0.1) is 5.92 Å². The van der Waals surface area contributed by atoms with Gasteiger partial charge >= 0.3 is 5.97 Å². The van der Waals surface area contributed by atoms with E-state index in [0.29, 0.717) is 0 Å². The molecule has 76 valence electrons. The molecule has 14 heavy (non-hydrogen) atoms. The molecule has 2 rings (SSSR count). The van der Waals surface area contributed by atoms with Crippen molar-refractivity contribution in [2.24, 2.45) is 5.92 Å². The van der Waals surface area contributed by atoms with E-state index in [1.54, 1.807) is 12.5 Å². The normalized spacial score (nSPS) is 28.9. The third-order valence-corrected chi connectivity index (χ3v) is 2.63. The Labute approximate surface area is 81.1 Å². The minimum atomic E-state index is -0.708. The molecule has 3 atom stereocenters. The average Bonchev–Trinajstić information content (AvgIpc) is 2.75. The molecule has 0 aromatic carbocycles. The molecule has 0 saturated carbocycles. The van der Waals surface area contributed by atoms with Crippen molar-refractivity contribution in [2.75, 3.05) is 6.61 Å². The van der Waals surface area contributed by atoms with Crippen molar-refractivity contribution in [2.45, 2.75) is 18.9 Å². The summed E-state index contributed by atoms with van der Waals surface area (Å²) >= 11 is 0. The predicted molar refractivity (Wildman–Crippen MR) is 47.5 cm³/mol. The van der Waals surface area contributed by atoms with Gasteiger partial charge in [0.15, 0.2) is 0 Å². The van der Waals surface area contributed by atoms with E-state index in [1.807, 2.05) is 6.92 Å². The molecule has 3 unspecified atom stereocenters. The highest BCUT2D eigenvalue weighted by molar-refractivity contribution is 5.76. The topological polar surface area (TPSA) is 75.2 Å². The number of aromatic amines is 1. The fraction of sp³-hybridized carbons (Fsp3) is 0.556. The molecule has 0 spiro atoms. The Bertz CT molecular complexity index is 323. The van der Waals surface area contributed by atoms with E-state index < -0.39 is 12.0 Å². The lowest BCUT2D eigenvalue weighted by Crippen LogP contribution is -2.26. The lowest BCUT2D eigenvalue weighted by Gasteiger charge is -2.16. The molecule has 0 amide bonds. The number of esters is 1. The zero-order valence-corrected chi connectivity index (χ0v) is 7.80.